The fraction of sp³-hybridized carbons (Fsp3) is 0.0455. The Balaban J connectivity index is 1.55. The molecule has 0 aliphatic carbocycles. The highest BCUT2D eigenvalue weighted by molar-refractivity contribution is 6.32. The molecule has 0 spiro atoms. The number of hydrogen-bond acceptors (Lipinski definition) is 3. The molecule has 0 aliphatic heterocycles. The molecule has 2 aromatic heterocycles. The van der Waals surface area contributed by atoms with Gasteiger partial charge in [0.1, 0.15) is 5.15 Å². The maximum absolute atomic E-state index is 12.7. The first-order chi connectivity index (χ1) is 14.1. The summed E-state index contributed by atoms with van der Waals surface area (Å²) in [4.78, 5) is 12.7. The molecule has 4 rings (SSSR count). The number of aryl methyl sites for hydroxylation is 1. The Bertz CT molecular complexity index is 1160. The zero-order valence-corrected chi connectivity index (χ0v) is 16.4. The van der Waals surface area contributed by atoms with Crippen molar-refractivity contribution in [2.75, 3.05) is 0 Å². The van der Waals surface area contributed by atoms with Gasteiger partial charge in [-0.05, 0) is 43.3 Å². The third-order valence-corrected chi connectivity index (χ3v) is 4.80. The van der Waals surface area contributed by atoms with Crippen molar-refractivity contribution in [2.24, 2.45) is 5.10 Å². The average molecular weight is 404 g/mol. The van der Waals surface area contributed by atoms with Gasteiger partial charge in [-0.25, -0.2) is 10.1 Å². The number of hydrazone groups is 1. The van der Waals surface area contributed by atoms with Gasteiger partial charge < -0.3 is 4.57 Å². The first-order valence-electron chi connectivity index (χ1n) is 9.01. The third-order valence-electron chi connectivity index (χ3n) is 4.44. The Kier molecular flexibility index (Phi) is 5.27. The van der Waals surface area contributed by atoms with Crippen molar-refractivity contribution < 1.29 is 4.79 Å². The van der Waals surface area contributed by atoms with E-state index in [4.69, 9.17) is 11.6 Å². The van der Waals surface area contributed by atoms with Crippen LogP contribution in [0.25, 0.3) is 11.4 Å². The second kappa shape index (κ2) is 8.16. The number of halogens is 1. The predicted molar refractivity (Wildman–Crippen MR) is 114 cm³/mol. The summed E-state index contributed by atoms with van der Waals surface area (Å²) in [6, 6.07) is 20.7. The predicted octanol–water partition coefficient (Wildman–Crippen LogP) is 4.39. The zero-order valence-electron chi connectivity index (χ0n) is 15.7. The maximum atomic E-state index is 12.7. The summed E-state index contributed by atoms with van der Waals surface area (Å²) < 4.78 is 3.52. The van der Waals surface area contributed by atoms with Gasteiger partial charge >= 0.3 is 0 Å². The van der Waals surface area contributed by atoms with Gasteiger partial charge in [0.25, 0.3) is 5.91 Å². The Morgan fingerprint density at radius 1 is 1.03 bits per heavy atom. The number of aromatic nitrogens is 3. The molecule has 0 atom stereocenters. The van der Waals surface area contributed by atoms with Gasteiger partial charge in [0.2, 0.25) is 0 Å². The van der Waals surface area contributed by atoms with Crippen LogP contribution in [-0.2, 0) is 0 Å². The Morgan fingerprint density at radius 2 is 1.72 bits per heavy atom. The van der Waals surface area contributed by atoms with E-state index in [9.17, 15) is 4.79 Å². The van der Waals surface area contributed by atoms with Gasteiger partial charge in [-0.2, -0.15) is 10.2 Å². The van der Waals surface area contributed by atoms with Crippen LogP contribution in [0.3, 0.4) is 0 Å². The maximum Gasteiger partial charge on any atom is 0.273 e. The minimum Gasteiger partial charge on any atom is -0.323 e. The Hall–Kier alpha value is -3.64. The largest absolute Gasteiger partial charge is 0.323 e. The van der Waals surface area contributed by atoms with Gasteiger partial charge in [-0.3, -0.25) is 4.79 Å². The molecule has 0 bridgehead atoms. The van der Waals surface area contributed by atoms with Crippen LogP contribution in [0, 0.1) is 6.92 Å². The molecule has 2 heterocycles. The average Bonchev–Trinajstić information content (AvgIpc) is 3.38. The van der Waals surface area contributed by atoms with E-state index in [0.717, 1.165) is 11.4 Å². The van der Waals surface area contributed by atoms with Crippen LogP contribution in [0.15, 0.2) is 84.2 Å². The summed E-state index contributed by atoms with van der Waals surface area (Å²) in [5.74, 6) is -0.310. The standard InChI is InChI=1S/C22H18ClN5O/c1-16-19(21(23)28(26-16)17-9-3-2-4-10-17)15-24-25-22(29)18-11-5-6-12-20(18)27-13-7-8-14-27/h2-15H,1H3,(H,25,29). The van der Waals surface area contributed by atoms with Crippen molar-refractivity contribution in [3.63, 3.8) is 0 Å². The van der Waals surface area contributed by atoms with Crippen LogP contribution in [0.4, 0.5) is 0 Å². The third kappa shape index (κ3) is 3.83. The van der Waals surface area contributed by atoms with E-state index in [1.54, 1.807) is 10.7 Å². The molecular formula is C22H18ClN5O. The molecule has 0 saturated carbocycles. The van der Waals surface area contributed by atoms with Gasteiger partial charge in [-0.1, -0.05) is 41.9 Å². The van der Waals surface area contributed by atoms with Crippen LogP contribution >= 0.6 is 11.6 Å². The Morgan fingerprint density at radius 3 is 2.48 bits per heavy atom. The fourth-order valence-corrected chi connectivity index (χ4v) is 3.32. The lowest BCUT2D eigenvalue weighted by molar-refractivity contribution is 0.0955. The molecule has 2 aromatic carbocycles. The summed E-state index contributed by atoms with van der Waals surface area (Å²) in [5.41, 5.74) is 6.08. The van der Waals surface area contributed by atoms with Crippen LogP contribution in [0.1, 0.15) is 21.6 Å². The molecule has 1 N–H and O–H groups in total. The highest BCUT2D eigenvalue weighted by Crippen LogP contribution is 2.22. The van der Waals surface area contributed by atoms with E-state index < -0.39 is 0 Å². The van der Waals surface area contributed by atoms with E-state index in [1.807, 2.05) is 84.5 Å². The van der Waals surface area contributed by atoms with E-state index >= 15 is 0 Å². The molecule has 144 valence electrons. The second-order valence-electron chi connectivity index (χ2n) is 6.34. The highest BCUT2D eigenvalue weighted by atomic mass is 35.5. The second-order valence-corrected chi connectivity index (χ2v) is 6.70. The minimum atomic E-state index is -0.310. The van der Waals surface area contributed by atoms with Crippen molar-refractivity contribution in [3.05, 3.63) is 101 Å². The van der Waals surface area contributed by atoms with Crippen molar-refractivity contribution in [1.82, 2.24) is 19.8 Å². The molecule has 0 saturated heterocycles. The molecule has 0 radical (unpaired) electrons. The molecule has 4 aromatic rings. The number of benzene rings is 2. The molecule has 29 heavy (non-hydrogen) atoms. The lowest BCUT2D eigenvalue weighted by Crippen LogP contribution is -2.19. The summed E-state index contributed by atoms with van der Waals surface area (Å²) in [6.07, 6.45) is 5.28. The number of para-hydroxylation sites is 2. The summed E-state index contributed by atoms with van der Waals surface area (Å²) in [7, 11) is 0. The lowest BCUT2D eigenvalue weighted by Gasteiger charge is -2.08. The Labute approximate surface area is 173 Å². The van der Waals surface area contributed by atoms with Crippen molar-refractivity contribution in [1.29, 1.82) is 0 Å². The van der Waals surface area contributed by atoms with Crippen LogP contribution in [-0.4, -0.2) is 26.5 Å². The van der Waals surface area contributed by atoms with Gasteiger partial charge in [-0.15, -0.1) is 0 Å². The topological polar surface area (TPSA) is 64.2 Å². The lowest BCUT2D eigenvalue weighted by atomic mass is 10.1. The van der Waals surface area contributed by atoms with Crippen LogP contribution in [0.2, 0.25) is 5.15 Å². The molecule has 0 aliphatic rings. The van der Waals surface area contributed by atoms with E-state index in [1.165, 1.54) is 6.21 Å². The monoisotopic (exact) mass is 403 g/mol. The van der Waals surface area contributed by atoms with Crippen molar-refractivity contribution >= 4 is 23.7 Å². The molecule has 1 amide bonds. The summed E-state index contributed by atoms with van der Waals surface area (Å²) >= 11 is 6.48. The van der Waals surface area contributed by atoms with Crippen LogP contribution < -0.4 is 5.43 Å². The molecule has 0 unspecified atom stereocenters. The number of rotatable bonds is 5. The molecular weight excluding hydrogens is 386 g/mol. The summed E-state index contributed by atoms with van der Waals surface area (Å²) in [6.45, 7) is 1.84. The SMILES string of the molecule is Cc1nn(-c2ccccc2)c(Cl)c1C=NNC(=O)c1ccccc1-n1cccc1. The van der Waals surface area contributed by atoms with Crippen molar-refractivity contribution in [2.45, 2.75) is 6.92 Å². The van der Waals surface area contributed by atoms with Gasteiger partial charge in [0, 0.05) is 12.4 Å². The number of hydrogen-bond donors (Lipinski definition) is 1. The van der Waals surface area contributed by atoms with E-state index in [0.29, 0.717) is 22.0 Å². The molecule has 0 fully saturated rings. The smallest absolute Gasteiger partial charge is 0.273 e. The number of carbonyl (C=O) groups excluding carboxylic acids is 1. The number of nitrogens with zero attached hydrogens (tertiary/aromatic N) is 4. The summed E-state index contributed by atoms with van der Waals surface area (Å²) in [5, 5.41) is 8.99. The van der Waals surface area contributed by atoms with Gasteiger partial charge in [0.05, 0.1) is 34.4 Å². The number of nitrogens with one attached hydrogen (secondary N) is 1. The first kappa shape index (κ1) is 18.7. The van der Waals surface area contributed by atoms with Crippen LogP contribution in [0.5, 0.6) is 0 Å². The quantitative estimate of drug-likeness (QED) is 0.397. The highest BCUT2D eigenvalue weighted by Gasteiger charge is 2.14. The minimum absolute atomic E-state index is 0.310. The zero-order chi connectivity index (χ0) is 20.2. The first-order valence-corrected chi connectivity index (χ1v) is 9.39. The molecule has 7 heteroatoms. The fourth-order valence-electron chi connectivity index (χ4n) is 3.00. The van der Waals surface area contributed by atoms with Crippen molar-refractivity contribution in [3.8, 4) is 11.4 Å². The normalized spacial score (nSPS) is 11.1. The number of amides is 1. The van der Waals surface area contributed by atoms with Gasteiger partial charge in [0.15, 0.2) is 0 Å². The van der Waals surface area contributed by atoms with E-state index in [2.05, 4.69) is 15.6 Å². The number of carbonyl (C=O) groups is 1. The molecule has 6 nitrogen and oxygen atoms in total. The van der Waals surface area contributed by atoms with E-state index in [-0.39, 0.29) is 5.91 Å².